The first-order valence-corrected chi connectivity index (χ1v) is 15.4. The van der Waals surface area contributed by atoms with Crippen LogP contribution in [0.4, 0.5) is 11.4 Å². The minimum Gasteiger partial charge on any atom is -0.323 e. The molecule has 5 aromatic rings. The molecular formula is C35H26Cl2N4O3S. The molecule has 1 unspecified atom stereocenters. The van der Waals surface area contributed by atoms with Crippen molar-refractivity contribution in [1.82, 2.24) is 10.3 Å². The van der Waals surface area contributed by atoms with Gasteiger partial charge in [-0.05, 0) is 77.9 Å². The summed E-state index contributed by atoms with van der Waals surface area (Å²) < 4.78 is 0. The molecule has 0 saturated carbocycles. The first kappa shape index (κ1) is 31.5. The lowest BCUT2D eigenvalue weighted by Gasteiger charge is -2.18. The number of pyridine rings is 1. The molecule has 0 aliphatic rings. The van der Waals surface area contributed by atoms with Gasteiger partial charge >= 0.3 is 0 Å². The highest BCUT2D eigenvalue weighted by molar-refractivity contribution is 8.00. The van der Waals surface area contributed by atoms with Gasteiger partial charge in [0.05, 0.1) is 10.7 Å². The van der Waals surface area contributed by atoms with Gasteiger partial charge in [0.2, 0.25) is 5.91 Å². The van der Waals surface area contributed by atoms with Crippen molar-refractivity contribution in [3.63, 3.8) is 0 Å². The van der Waals surface area contributed by atoms with Gasteiger partial charge in [0.1, 0.15) is 10.9 Å². The molecular weight excluding hydrogens is 627 g/mol. The molecule has 7 nitrogen and oxygen atoms in total. The summed E-state index contributed by atoms with van der Waals surface area (Å²) >= 11 is 13.7. The lowest BCUT2D eigenvalue weighted by atomic mass is 10.1. The van der Waals surface area contributed by atoms with Crippen molar-refractivity contribution in [2.24, 2.45) is 0 Å². The van der Waals surface area contributed by atoms with Crippen molar-refractivity contribution in [1.29, 1.82) is 0 Å². The number of anilines is 2. The molecule has 0 aliphatic heterocycles. The maximum absolute atomic E-state index is 13.5. The van der Waals surface area contributed by atoms with Gasteiger partial charge in [-0.2, -0.15) is 0 Å². The smallest absolute Gasteiger partial charge is 0.272 e. The van der Waals surface area contributed by atoms with Crippen LogP contribution in [0.1, 0.15) is 26.7 Å². The molecule has 0 radical (unpaired) electrons. The fourth-order valence-corrected chi connectivity index (χ4v) is 5.69. The summed E-state index contributed by atoms with van der Waals surface area (Å²) in [5.74, 6) is -1.19. The summed E-state index contributed by atoms with van der Waals surface area (Å²) in [7, 11) is 0. The number of halogens is 2. The van der Waals surface area contributed by atoms with Gasteiger partial charge in [-0.15, -0.1) is 11.8 Å². The van der Waals surface area contributed by atoms with E-state index >= 15 is 0 Å². The third kappa shape index (κ3) is 8.83. The first-order chi connectivity index (χ1) is 21.9. The van der Waals surface area contributed by atoms with Crippen LogP contribution in [0.3, 0.4) is 0 Å². The Labute approximate surface area is 274 Å². The fourth-order valence-electron chi connectivity index (χ4n) is 4.21. The molecule has 1 atom stereocenters. The monoisotopic (exact) mass is 652 g/mol. The van der Waals surface area contributed by atoms with Crippen LogP contribution in [0.15, 0.2) is 138 Å². The zero-order valence-corrected chi connectivity index (χ0v) is 25.9. The minimum atomic E-state index is -0.597. The van der Waals surface area contributed by atoms with E-state index in [0.717, 1.165) is 10.5 Å². The van der Waals surface area contributed by atoms with Crippen LogP contribution in [-0.4, -0.2) is 22.7 Å². The molecule has 0 spiro atoms. The summed E-state index contributed by atoms with van der Waals surface area (Å²) in [5, 5.41) is 8.67. The van der Waals surface area contributed by atoms with Gasteiger partial charge in [0.15, 0.2) is 0 Å². The Morgan fingerprint density at radius 3 is 2.16 bits per heavy atom. The second-order valence-corrected chi connectivity index (χ2v) is 11.7. The molecule has 5 rings (SSSR count). The lowest BCUT2D eigenvalue weighted by Crippen LogP contribution is -2.30. The molecule has 0 fully saturated rings. The van der Waals surface area contributed by atoms with Crippen LogP contribution < -0.4 is 16.0 Å². The van der Waals surface area contributed by atoms with Gasteiger partial charge in [0, 0.05) is 33.6 Å². The van der Waals surface area contributed by atoms with Crippen LogP contribution in [-0.2, 0) is 9.59 Å². The van der Waals surface area contributed by atoms with E-state index in [1.165, 1.54) is 11.8 Å². The van der Waals surface area contributed by atoms with Crippen molar-refractivity contribution >= 4 is 70.1 Å². The molecule has 3 amide bonds. The predicted octanol–water partition coefficient (Wildman–Crippen LogP) is 8.27. The van der Waals surface area contributed by atoms with E-state index in [0.29, 0.717) is 32.5 Å². The van der Waals surface area contributed by atoms with Crippen molar-refractivity contribution in [2.75, 3.05) is 10.6 Å². The highest BCUT2D eigenvalue weighted by atomic mass is 35.5. The maximum Gasteiger partial charge on any atom is 0.272 e. The Balaban J connectivity index is 1.32. The number of carbonyl (C=O) groups excluding carboxylic acids is 3. The van der Waals surface area contributed by atoms with E-state index in [9.17, 15) is 14.4 Å². The Hall–Kier alpha value is -4.89. The average Bonchev–Trinajstić information content (AvgIpc) is 3.06. The van der Waals surface area contributed by atoms with Crippen molar-refractivity contribution in [3.8, 4) is 0 Å². The molecule has 1 heterocycles. The number of aromatic nitrogens is 1. The third-order valence-electron chi connectivity index (χ3n) is 6.42. The van der Waals surface area contributed by atoms with Crippen LogP contribution >= 0.6 is 35.0 Å². The second-order valence-electron chi connectivity index (χ2n) is 9.67. The van der Waals surface area contributed by atoms with Crippen molar-refractivity contribution in [3.05, 3.63) is 160 Å². The number of thioether (sulfide) groups is 1. The van der Waals surface area contributed by atoms with Crippen LogP contribution in [0.2, 0.25) is 10.0 Å². The SMILES string of the molecule is O=C(Nc1ccc(SC(C(=O)Nc2ccc(Cl)cc2Cl)c2ccccc2)cc1)/C(=C/c1cccnc1)NC(=O)c1ccccc1. The van der Waals surface area contributed by atoms with Crippen molar-refractivity contribution in [2.45, 2.75) is 10.1 Å². The number of amides is 3. The number of rotatable bonds is 10. The molecule has 0 bridgehead atoms. The third-order valence-corrected chi connectivity index (χ3v) is 8.23. The highest BCUT2D eigenvalue weighted by Crippen LogP contribution is 2.37. The van der Waals surface area contributed by atoms with Crippen LogP contribution in [0.5, 0.6) is 0 Å². The number of hydrogen-bond acceptors (Lipinski definition) is 5. The highest BCUT2D eigenvalue weighted by Gasteiger charge is 2.23. The quantitative estimate of drug-likeness (QED) is 0.104. The second kappa shape index (κ2) is 15.2. The largest absolute Gasteiger partial charge is 0.323 e. The Morgan fingerprint density at radius 1 is 0.778 bits per heavy atom. The predicted molar refractivity (Wildman–Crippen MR) is 181 cm³/mol. The Morgan fingerprint density at radius 2 is 1.49 bits per heavy atom. The standard InChI is InChI=1S/C35H26Cl2N4O3S/c36-26-13-18-30(29(37)21-26)40-35(44)32(24-9-3-1-4-10-24)45-28-16-14-27(15-17-28)39-34(43)31(20-23-8-7-19-38-22-23)41-33(42)25-11-5-2-6-12-25/h1-22,32H,(H,39,43)(H,40,44)(H,41,42)/b31-20-. The number of hydrogen-bond donors (Lipinski definition) is 3. The molecule has 224 valence electrons. The zero-order valence-electron chi connectivity index (χ0n) is 23.6. The molecule has 10 heteroatoms. The number of benzene rings is 4. The van der Waals surface area contributed by atoms with Gasteiger partial charge in [-0.3, -0.25) is 19.4 Å². The average molecular weight is 654 g/mol. The van der Waals surface area contributed by atoms with Gasteiger partial charge in [-0.1, -0.05) is 77.8 Å². The van der Waals surface area contributed by atoms with Crippen LogP contribution in [0, 0.1) is 0 Å². The molecule has 0 aliphatic carbocycles. The van der Waals surface area contributed by atoms with E-state index < -0.39 is 17.1 Å². The first-order valence-electron chi connectivity index (χ1n) is 13.7. The van der Waals surface area contributed by atoms with E-state index in [-0.39, 0.29) is 11.6 Å². The fraction of sp³-hybridized carbons (Fsp3) is 0.0286. The summed E-state index contributed by atoms with van der Waals surface area (Å²) in [6.45, 7) is 0. The number of nitrogens with one attached hydrogen (secondary N) is 3. The Bertz CT molecular complexity index is 1820. The molecule has 4 aromatic carbocycles. The molecule has 45 heavy (non-hydrogen) atoms. The minimum absolute atomic E-state index is 0.0528. The van der Waals surface area contributed by atoms with Gasteiger partial charge in [0.25, 0.3) is 11.8 Å². The van der Waals surface area contributed by atoms with Crippen molar-refractivity contribution < 1.29 is 14.4 Å². The Kier molecular flexibility index (Phi) is 10.7. The van der Waals surface area contributed by atoms with E-state index in [4.69, 9.17) is 23.2 Å². The number of carbonyl (C=O) groups is 3. The summed E-state index contributed by atoms with van der Waals surface area (Å²) in [6.07, 6.45) is 4.77. The molecule has 3 N–H and O–H groups in total. The topological polar surface area (TPSA) is 100 Å². The lowest BCUT2D eigenvalue weighted by molar-refractivity contribution is -0.116. The zero-order chi connectivity index (χ0) is 31.6. The summed E-state index contributed by atoms with van der Waals surface area (Å²) in [6, 6.07) is 33.5. The van der Waals surface area contributed by atoms with Gasteiger partial charge in [-0.25, -0.2) is 0 Å². The molecule has 1 aromatic heterocycles. The number of nitrogens with zero attached hydrogens (tertiary/aromatic N) is 1. The normalized spacial score (nSPS) is 11.7. The molecule has 0 saturated heterocycles. The van der Waals surface area contributed by atoms with E-state index in [2.05, 4.69) is 20.9 Å². The summed E-state index contributed by atoms with van der Waals surface area (Å²) in [5.41, 5.74) is 2.88. The van der Waals surface area contributed by atoms with Gasteiger partial charge < -0.3 is 16.0 Å². The van der Waals surface area contributed by atoms with Crippen LogP contribution in [0.25, 0.3) is 6.08 Å². The van der Waals surface area contributed by atoms with E-state index in [1.807, 2.05) is 48.5 Å². The van der Waals surface area contributed by atoms with E-state index in [1.54, 1.807) is 85.2 Å². The maximum atomic E-state index is 13.5. The summed E-state index contributed by atoms with van der Waals surface area (Å²) in [4.78, 5) is 44.6.